The predicted octanol–water partition coefficient (Wildman–Crippen LogP) is 3.70. The Hall–Kier alpha value is -0.310. The molecule has 2 nitrogen and oxygen atoms in total. The molecule has 0 N–H and O–H groups in total. The van der Waals surface area contributed by atoms with Crippen molar-refractivity contribution in [2.45, 2.75) is 49.8 Å². The number of hydrogen-bond donors (Lipinski definition) is 0. The average molecular weight is 285 g/mol. The van der Waals surface area contributed by atoms with Gasteiger partial charge in [0.2, 0.25) is 0 Å². The molecule has 0 radical (unpaired) electrons. The van der Waals surface area contributed by atoms with Crippen molar-refractivity contribution in [2.24, 2.45) is 13.0 Å². The predicted molar refractivity (Wildman–Crippen MR) is 70.8 cm³/mol. The largest absolute Gasteiger partial charge is 0.273 e. The molecule has 3 heteroatoms. The third-order valence-electron chi connectivity index (χ3n) is 3.70. The molecule has 0 aliphatic heterocycles. The Morgan fingerprint density at radius 2 is 2.25 bits per heavy atom. The molecule has 1 saturated carbocycles. The van der Waals surface area contributed by atoms with E-state index in [4.69, 9.17) is 0 Å². The summed E-state index contributed by atoms with van der Waals surface area (Å²) in [6, 6.07) is 2.14. The first-order valence-electron chi connectivity index (χ1n) is 6.36. The van der Waals surface area contributed by atoms with Gasteiger partial charge in [-0.15, -0.1) is 0 Å². The fraction of sp³-hybridized carbons (Fsp3) is 0.769. The maximum atomic E-state index is 4.22. The van der Waals surface area contributed by atoms with Crippen molar-refractivity contribution in [1.29, 1.82) is 0 Å². The summed E-state index contributed by atoms with van der Waals surface area (Å²) in [7, 11) is 2.04. The van der Waals surface area contributed by atoms with E-state index in [1.165, 1.54) is 50.6 Å². The van der Waals surface area contributed by atoms with Gasteiger partial charge >= 0.3 is 0 Å². The molecule has 2 atom stereocenters. The number of hydrogen-bond acceptors (Lipinski definition) is 1. The second-order valence-electron chi connectivity index (χ2n) is 4.97. The van der Waals surface area contributed by atoms with Crippen LogP contribution >= 0.6 is 15.9 Å². The van der Waals surface area contributed by atoms with E-state index in [9.17, 15) is 0 Å². The molecule has 1 aliphatic carbocycles. The summed E-state index contributed by atoms with van der Waals surface area (Å²) in [5, 5.41) is 4.22. The highest BCUT2D eigenvalue weighted by atomic mass is 79.9. The van der Waals surface area contributed by atoms with Crippen LogP contribution in [0.2, 0.25) is 0 Å². The first-order chi connectivity index (χ1) is 7.75. The van der Waals surface area contributed by atoms with Crippen LogP contribution in [0.4, 0.5) is 0 Å². The van der Waals surface area contributed by atoms with Gasteiger partial charge in [0, 0.05) is 23.8 Å². The normalized spacial score (nSPS) is 26.6. The summed E-state index contributed by atoms with van der Waals surface area (Å²) >= 11 is 3.79. The highest BCUT2D eigenvalue weighted by Crippen LogP contribution is 2.30. The van der Waals surface area contributed by atoms with Crippen molar-refractivity contribution in [3.8, 4) is 0 Å². The molecular weight excluding hydrogens is 264 g/mol. The van der Waals surface area contributed by atoms with Crippen molar-refractivity contribution < 1.29 is 0 Å². The lowest BCUT2D eigenvalue weighted by atomic mass is 9.94. The molecule has 1 fully saturated rings. The monoisotopic (exact) mass is 284 g/mol. The number of rotatable bonds is 3. The molecule has 0 spiro atoms. The van der Waals surface area contributed by atoms with Gasteiger partial charge in [-0.25, -0.2) is 0 Å². The summed E-state index contributed by atoms with van der Waals surface area (Å²) in [6.45, 7) is 0. The van der Waals surface area contributed by atoms with E-state index in [2.05, 4.69) is 27.1 Å². The van der Waals surface area contributed by atoms with Gasteiger partial charge in [0.15, 0.2) is 0 Å². The van der Waals surface area contributed by atoms with Crippen molar-refractivity contribution in [3.63, 3.8) is 0 Å². The minimum atomic E-state index is 0.756. The van der Waals surface area contributed by atoms with Gasteiger partial charge in [-0.2, -0.15) is 5.10 Å². The highest BCUT2D eigenvalue weighted by Gasteiger charge is 2.18. The number of aromatic nitrogens is 2. The van der Waals surface area contributed by atoms with E-state index >= 15 is 0 Å². The van der Waals surface area contributed by atoms with Crippen molar-refractivity contribution >= 4 is 15.9 Å². The van der Waals surface area contributed by atoms with Crippen LogP contribution in [-0.4, -0.2) is 14.6 Å². The van der Waals surface area contributed by atoms with Gasteiger partial charge in [0.25, 0.3) is 0 Å². The topological polar surface area (TPSA) is 17.8 Å². The maximum Gasteiger partial charge on any atom is 0.0492 e. The number of halogens is 1. The minimum Gasteiger partial charge on any atom is -0.273 e. The van der Waals surface area contributed by atoms with Gasteiger partial charge in [-0.1, -0.05) is 35.2 Å². The SMILES string of the molecule is Cn1nccc1CCC1CCCCC(Br)C1. The first-order valence-corrected chi connectivity index (χ1v) is 7.28. The van der Waals surface area contributed by atoms with Crippen LogP contribution in [0, 0.1) is 5.92 Å². The fourth-order valence-corrected chi connectivity index (χ4v) is 3.51. The Morgan fingerprint density at radius 1 is 1.44 bits per heavy atom. The maximum absolute atomic E-state index is 4.22. The van der Waals surface area contributed by atoms with E-state index in [0.29, 0.717) is 0 Å². The van der Waals surface area contributed by atoms with Gasteiger partial charge in [-0.3, -0.25) is 4.68 Å². The van der Waals surface area contributed by atoms with Crippen LogP contribution < -0.4 is 0 Å². The van der Waals surface area contributed by atoms with Crippen LogP contribution in [0.25, 0.3) is 0 Å². The zero-order valence-corrected chi connectivity index (χ0v) is 11.6. The minimum absolute atomic E-state index is 0.756. The van der Waals surface area contributed by atoms with E-state index < -0.39 is 0 Å². The van der Waals surface area contributed by atoms with Crippen molar-refractivity contribution in [1.82, 2.24) is 9.78 Å². The molecule has 16 heavy (non-hydrogen) atoms. The Labute approximate surface area is 107 Å². The molecule has 0 saturated heterocycles. The third kappa shape index (κ3) is 3.34. The molecule has 1 aliphatic rings. The lowest BCUT2D eigenvalue weighted by Crippen LogP contribution is -2.08. The number of nitrogens with zero attached hydrogens (tertiary/aromatic N) is 2. The zero-order chi connectivity index (χ0) is 11.4. The second-order valence-corrected chi connectivity index (χ2v) is 6.26. The summed E-state index contributed by atoms with van der Waals surface area (Å²) in [6.07, 6.45) is 11.4. The Bertz CT molecular complexity index is 321. The molecule has 2 unspecified atom stereocenters. The van der Waals surface area contributed by atoms with Crippen LogP contribution in [0.3, 0.4) is 0 Å². The number of aryl methyl sites for hydroxylation is 2. The van der Waals surface area contributed by atoms with Gasteiger partial charge in [0.05, 0.1) is 0 Å². The molecule has 2 rings (SSSR count). The van der Waals surface area contributed by atoms with Crippen molar-refractivity contribution in [2.75, 3.05) is 0 Å². The van der Waals surface area contributed by atoms with Gasteiger partial charge in [-0.05, 0) is 37.7 Å². The van der Waals surface area contributed by atoms with Gasteiger partial charge in [0.1, 0.15) is 0 Å². The van der Waals surface area contributed by atoms with Gasteiger partial charge < -0.3 is 0 Å². The molecule has 1 aromatic rings. The fourth-order valence-electron chi connectivity index (χ4n) is 2.66. The molecule has 1 heterocycles. The molecule has 0 bridgehead atoms. The number of alkyl halides is 1. The molecule has 90 valence electrons. The van der Waals surface area contributed by atoms with Crippen LogP contribution in [-0.2, 0) is 13.5 Å². The Kier molecular flexibility index (Phi) is 4.45. The Balaban J connectivity index is 1.82. The van der Waals surface area contributed by atoms with Crippen LogP contribution in [0.1, 0.15) is 44.2 Å². The third-order valence-corrected chi connectivity index (χ3v) is 4.53. The first kappa shape index (κ1) is 12.2. The quantitative estimate of drug-likeness (QED) is 0.611. The average Bonchev–Trinajstić information content (AvgIpc) is 2.54. The highest BCUT2D eigenvalue weighted by molar-refractivity contribution is 9.09. The smallest absolute Gasteiger partial charge is 0.0492 e. The lowest BCUT2D eigenvalue weighted by Gasteiger charge is -2.15. The standard InChI is InChI=1S/C13H21BrN2/c1-16-13(8-9-15-16)7-6-11-4-2-3-5-12(14)10-11/h8-9,11-12H,2-7,10H2,1H3. The van der Waals surface area contributed by atoms with Crippen LogP contribution in [0.5, 0.6) is 0 Å². The Morgan fingerprint density at radius 3 is 3.00 bits per heavy atom. The summed E-state index contributed by atoms with van der Waals surface area (Å²) in [5.74, 6) is 0.904. The van der Waals surface area contributed by atoms with E-state index in [-0.39, 0.29) is 0 Å². The van der Waals surface area contributed by atoms with E-state index in [1.807, 2.05) is 17.9 Å². The van der Waals surface area contributed by atoms with Crippen LogP contribution in [0.15, 0.2) is 12.3 Å². The molecule has 1 aromatic heterocycles. The van der Waals surface area contributed by atoms with Crippen molar-refractivity contribution in [3.05, 3.63) is 18.0 Å². The summed E-state index contributed by atoms with van der Waals surface area (Å²) < 4.78 is 2.00. The summed E-state index contributed by atoms with van der Waals surface area (Å²) in [4.78, 5) is 0.756. The molecule has 0 amide bonds. The molecular formula is C13H21BrN2. The van der Waals surface area contributed by atoms with E-state index in [0.717, 1.165) is 10.7 Å². The second kappa shape index (κ2) is 5.85. The summed E-state index contributed by atoms with van der Waals surface area (Å²) in [5.41, 5.74) is 1.37. The lowest BCUT2D eigenvalue weighted by molar-refractivity contribution is 0.428. The zero-order valence-electron chi connectivity index (χ0n) is 10.0. The molecule has 0 aromatic carbocycles. The van der Waals surface area contributed by atoms with E-state index in [1.54, 1.807) is 0 Å².